The van der Waals surface area contributed by atoms with Crippen molar-refractivity contribution >= 4 is 23.2 Å². The lowest BCUT2D eigenvalue weighted by Crippen LogP contribution is -2.39. The highest BCUT2D eigenvalue weighted by atomic mass is 32.1. The van der Waals surface area contributed by atoms with E-state index >= 15 is 0 Å². The Labute approximate surface area is 177 Å². The van der Waals surface area contributed by atoms with E-state index in [9.17, 15) is 18.4 Å². The highest BCUT2D eigenvalue weighted by Gasteiger charge is 2.24. The first-order valence-electron chi connectivity index (χ1n) is 9.33. The van der Waals surface area contributed by atoms with Gasteiger partial charge in [-0.15, -0.1) is 11.3 Å². The van der Waals surface area contributed by atoms with Crippen LogP contribution in [0.2, 0.25) is 0 Å². The lowest BCUT2D eigenvalue weighted by Gasteiger charge is -2.17. The van der Waals surface area contributed by atoms with E-state index in [4.69, 9.17) is 0 Å². The molecule has 0 aliphatic carbocycles. The molecule has 3 aromatic rings. The molecular weight excluding hydrogens is 408 g/mol. The molecule has 1 atom stereocenters. The third-order valence-corrected chi connectivity index (χ3v) is 5.51. The van der Waals surface area contributed by atoms with E-state index in [1.807, 2.05) is 24.3 Å². The van der Waals surface area contributed by atoms with E-state index in [1.54, 1.807) is 5.38 Å². The van der Waals surface area contributed by atoms with Crippen LogP contribution in [0.25, 0.3) is 10.6 Å². The predicted octanol–water partition coefficient (Wildman–Crippen LogP) is 4.43. The van der Waals surface area contributed by atoms with Gasteiger partial charge in [-0.3, -0.25) is 9.59 Å². The van der Waals surface area contributed by atoms with Crippen molar-refractivity contribution in [3.05, 3.63) is 76.3 Å². The molecule has 5 nitrogen and oxygen atoms in total. The van der Waals surface area contributed by atoms with E-state index in [0.717, 1.165) is 17.7 Å². The number of carbonyl (C=O) groups excluding carboxylic acids is 2. The molecule has 8 heteroatoms. The number of rotatable bonds is 6. The number of aromatic nitrogens is 1. The van der Waals surface area contributed by atoms with Crippen LogP contribution in [0.3, 0.4) is 0 Å². The predicted molar refractivity (Wildman–Crippen MR) is 112 cm³/mol. The highest BCUT2D eigenvalue weighted by molar-refractivity contribution is 7.13. The maximum atomic E-state index is 13.6. The summed E-state index contributed by atoms with van der Waals surface area (Å²) in [5, 5.41) is 7.21. The van der Waals surface area contributed by atoms with Crippen molar-refractivity contribution < 1.29 is 18.4 Å². The van der Waals surface area contributed by atoms with Gasteiger partial charge in [-0.25, -0.2) is 13.8 Å². The molecule has 0 saturated carbocycles. The second kappa shape index (κ2) is 9.13. The average Bonchev–Trinajstić information content (AvgIpc) is 3.24. The molecule has 156 valence electrons. The van der Waals surface area contributed by atoms with Crippen LogP contribution < -0.4 is 10.6 Å². The molecule has 0 saturated heterocycles. The van der Waals surface area contributed by atoms with Gasteiger partial charge in [0.25, 0.3) is 5.91 Å². The molecular formula is C22H21F2N3O2S. The topological polar surface area (TPSA) is 71.1 Å². The molecule has 30 heavy (non-hydrogen) atoms. The summed E-state index contributed by atoms with van der Waals surface area (Å²) in [5.74, 6) is -2.87. The second-order valence-corrected chi connectivity index (χ2v) is 7.87. The van der Waals surface area contributed by atoms with Crippen LogP contribution >= 0.6 is 11.3 Å². The lowest BCUT2D eigenvalue weighted by molar-refractivity contribution is -0.122. The van der Waals surface area contributed by atoms with Crippen molar-refractivity contribution in [2.24, 2.45) is 0 Å². The Bertz CT molecular complexity index is 1060. The minimum atomic E-state index is -1.19. The fourth-order valence-electron chi connectivity index (χ4n) is 2.86. The van der Waals surface area contributed by atoms with Gasteiger partial charge in [0.1, 0.15) is 16.7 Å². The number of amides is 2. The number of hydrogen-bond donors (Lipinski definition) is 2. The number of halogens is 2. The first kappa shape index (κ1) is 21.6. The maximum Gasteiger partial charge on any atom is 0.271 e. The summed E-state index contributed by atoms with van der Waals surface area (Å²) < 4.78 is 26.8. The number of likely N-dealkylation sites (N-methyl/N-ethyl adjacent to an activating group) is 1. The van der Waals surface area contributed by atoms with E-state index in [2.05, 4.69) is 29.5 Å². The number of nitrogens with one attached hydrogen (secondary N) is 2. The van der Waals surface area contributed by atoms with Crippen LogP contribution in [0, 0.1) is 11.6 Å². The Hall–Kier alpha value is -3.13. The van der Waals surface area contributed by atoms with E-state index in [0.29, 0.717) is 10.9 Å². The Kier molecular flexibility index (Phi) is 6.56. The molecule has 0 aliphatic heterocycles. The Balaban J connectivity index is 1.81. The summed E-state index contributed by atoms with van der Waals surface area (Å²) in [4.78, 5) is 29.3. The van der Waals surface area contributed by atoms with Crippen LogP contribution in [0.5, 0.6) is 0 Å². The Morgan fingerprint density at radius 2 is 1.67 bits per heavy atom. The molecule has 2 N–H and O–H groups in total. The zero-order valence-corrected chi connectivity index (χ0v) is 17.5. The van der Waals surface area contributed by atoms with Crippen LogP contribution in [-0.4, -0.2) is 23.8 Å². The molecule has 0 bridgehead atoms. The van der Waals surface area contributed by atoms with Crippen molar-refractivity contribution in [1.82, 2.24) is 15.6 Å². The van der Waals surface area contributed by atoms with Crippen molar-refractivity contribution in [3.63, 3.8) is 0 Å². The number of hydrogen-bond acceptors (Lipinski definition) is 4. The quantitative estimate of drug-likeness (QED) is 0.609. The van der Waals surface area contributed by atoms with Gasteiger partial charge in [0.2, 0.25) is 5.91 Å². The molecule has 0 aliphatic rings. The molecule has 3 rings (SSSR count). The molecule has 0 radical (unpaired) electrons. The number of carbonyl (C=O) groups is 2. The summed E-state index contributed by atoms with van der Waals surface area (Å²) in [6.45, 7) is 4.22. The van der Waals surface area contributed by atoms with E-state index < -0.39 is 29.5 Å². The molecule has 0 spiro atoms. The minimum Gasteiger partial charge on any atom is -0.357 e. The van der Waals surface area contributed by atoms with Gasteiger partial charge in [0.15, 0.2) is 11.6 Å². The van der Waals surface area contributed by atoms with Gasteiger partial charge in [-0.2, -0.15) is 0 Å². The van der Waals surface area contributed by atoms with Crippen LogP contribution in [-0.2, 0) is 4.79 Å². The van der Waals surface area contributed by atoms with Crippen molar-refractivity contribution in [1.29, 1.82) is 0 Å². The third-order valence-electron chi connectivity index (χ3n) is 4.62. The monoisotopic (exact) mass is 429 g/mol. The standard InChI is InChI=1S/C22H21F2N3O2S/c1-12(2)13-4-6-14(7-5-13)22-26-18(11-30-22)20(28)27-19(21(29)25-3)15-8-9-16(23)17(24)10-15/h4-12,19H,1-3H3,(H,25,29)(H,27,28). The number of nitrogens with zero attached hydrogens (tertiary/aromatic N) is 1. The average molecular weight is 429 g/mol. The number of benzene rings is 2. The zero-order chi connectivity index (χ0) is 21.8. The zero-order valence-electron chi connectivity index (χ0n) is 16.7. The maximum absolute atomic E-state index is 13.6. The van der Waals surface area contributed by atoms with Gasteiger partial charge >= 0.3 is 0 Å². The highest BCUT2D eigenvalue weighted by Crippen LogP contribution is 2.26. The SMILES string of the molecule is CNC(=O)C(NC(=O)c1csc(-c2ccc(C(C)C)cc2)n1)c1ccc(F)c(F)c1. The Morgan fingerprint density at radius 1 is 1.00 bits per heavy atom. The minimum absolute atomic E-state index is 0.126. The molecule has 0 fully saturated rings. The summed E-state index contributed by atoms with van der Waals surface area (Å²) in [5.41, 5.74) is 2.35. The largest absolute Gasteiger partial charge is 0.357 e. The van der Waals surface area contributed by atoms with Crippen molar-refractivity contribution in [2.75, 3.05) is 7.05 Å². The van der Waals surface area contributed by atoms with E-state index in [1.165, 1.54) is 30.0 Å². The first-order chi connectivity index (χ1) is 14.3. The normalized spacial score (nSPS) is 11.9. The second-order valence-electron chi connectivity index (χ2n) is 7.01. The fraction of sp³-hybridized carbons (Fsp3) is 0.227. The summed E-state index contributed by atoms with van der Waals surface area (Å²) >= 11 is 1.30. The molecule has 2 amide bonds. The molecule has 1 unspecified atom stereocenters. The number of thiazole rings is 1. The van der Waals surface area contributed by atoms with Gasteiger partial charge in [0, 0.05) is 18.0 Å². The fourth-order valence-corrected chi connectivity index (χ4v) is 3.67. The summed E-state index contributed by atoms with van der Waals surface area (Å²) in [6.07, 6.45) is 0. The van der Waals surface area contributed by atoms with Crippen LogP contribution in [0.1, 0.15) is 47.4 Å². The van der Waals surface area contributed by atoms with Crippen molar-refractivity contribution in [3.8, 4) is 10.6 Å². The molecule has 1 aromatic heterocycles. The molecule has 1 heterocycles. The van der Waals surface area contributed by atoms with Crippen LogP contribution in [0.4, 0.5) is 8.78 Å². The van der Waals surface area contributed by atoms with Crippen LogP contribution in [0.15, 0.2) is 47.8 Å². The third kappa shape index (κ3) is 4.71. The first-order valence-corrected chi connectivity index (χ1v) is 10.2. The molecule has 2 aromatic carbocycles. The van der Waals surface area contributed by atoms with Gasteiger partial charge in [0.05, 0.1) is 0 Å². The lowest BCUT2D eigenvalue weighted by atomic mass is 10.0. The summed E-state index contributed by atoms with van der Waals surface area (Å²) in [7, 11) is 1.39. The van der Waals surface area contributed by atoms with Crippen molar-refractivity contribution in [2.45, 2.75) is 25.8 Å². The van der Waals surface area contributed by atoms with E-state index in [-0.39, 0.29) is 11.3 Å². The smallest absolute Gasteiger partial charge is 0.271 e. The van der Waals surface area contributed by atoms with Gasteiger partial charge < -0.3 is 10.6 Å². The van der Waals surface area contributed by atoms with Gasteiger partial charge in [-0.1, -0.05) is 44.2 Å². The summed E-state index contributed by atoms with van der Waals surface area (Å²) in [6, 6.07) is 9.80. The van der Waals surface area contributed by atoms with Gasteiger partial charge in [-0.05, 0) is 29.2 Å². The Morgan fingerprint density at radius 3 is 2.27 bits per heavy atom.